The van der Waals surface area contributed by atoms with E-state index in [1.807, 2.05) is 18.2 Å². The number of carbonyl (C=O) groups is 1. The van der Waals surface area contributed by atoms with E-state index in [9.17, 15) is 4.79 Å². The Kier molecular flexibility index (Phi) is 2.59. The zero-order chi connectivity index (χ0) is 11.8. The molecule has 0 saturated heterocycles. The van der Waals surface area contributed by atoms with Crippen LogP contribution in [0.3, 0.4) is 0 Å². The Morgan fingerprint density at radius 2 is 2.31 bits per heavy atom. The van der Waals surface area contributed by atoms with Crippen molar-refractivity contribution in [1.82, 2.24) is 0 Å². The summed E-state index contributed by atoms with van der Waals surface area (Å²) in [7, 11) is 1.62. The van der Waals surface area contributed by atoms with Gasteiger partial charge in [0.1, 0.15) is 11.3 Å². The summed E-state index contributed by atoms with van der Waals surface area (Å²) >= 11 is 0. The topological polar surface area (TPSA) is 72.5 Å². The number of methoxy groups -OCH3 is 1. The van der Waals surface area contributed by atoms with Gasteiger partial charge in [0, 0.05) is 6.42 Å². The SMILES string of the molecule is COc1cccc2c1CCC(N)(C(=O)O)C2. The zero-order valence-electron chi connectivity index (χ0n) is 9.19. The van der Waals surface area contributed by atoms with Gasteiger partial charge in [-0.15, -0.1) is 0 Å². The van der Waals surface area contributed by atoms with Crippen LogP contribution in [0.2, 0.25) is 0 Å². The Morgan fingerprint density at radius 1 is 1.56 bits per heavy atom. The number of nitrogens with two attached hydrogens (primary N) is 1. The zero-order valence-corrected chi connectivity index (χ0v) is 9.19. The average Bonchev–Trinajstić information content (AvgIpc) is 2.27. The third kappa shape index (κ3) is 1.65. The molecule has 1 aliphatic carbocycles. The summed E-state index contributed by atoms with van der Waals surface area (Å²) in [6.45, 7) is 0. The molecule has 0 amide bonds. The molecule has 1 unspecified atom stereocenters. The van der Waals surface area contributed by atoms with Gasteiger partial charge >= 0.3 is 5.97 Å². The predicted octanol–water partition coefficient (Wildman–Crippen LogP) is 0.966. The van der Waals surface area contributed by atoms with Crippen LogP contribution in [0.5, 0.6) is 5.75 Å². The summed E-state index contributed by atoms with van der Waals surface area (Å²) in [6, 6.07) is 5.68. The lowest BCUT2D eigenvalue weighted by Crippen LogP contribution is -2.52. The summed E-state index contributed by atoms with van der Waals surface area (Å²) in [5, 5.41) is 9.09. The molecule has 2 rings (SSSR count). The van der Waals surface area contributed by atoms with Gasteiger partial charge in [0.2, 0.25) is 0 Å². The standard InChI is InChI=1S/C12H15NO3/c1-16-10-4-2-3-8-7-12(13,11(14)15)6-5-9(8)10/h2-4H,5-7,13H2,1H3,(H,14,15). The molecule has 1 atom stereocenters. The van der Waals surface area contributed by atoms with E-state index in [2.05, 4.69) is 0 Å². The van der Waals surface area contributed by atoms with E-state index in [0.717, 1.165) is 16.9 Å². The quantitative estimate of drug-likeness (QED) is 0.780. The van der Waals surface area contributed by atoms with Crippen molar-refractivity contribution < 1.29 is 14.6 Å². The smallest absolute Gasteiger partial charge is 0.324 e. The first kappa shape index (κ1) is 11.0. The Labute approximate surface area is 94.0 Å². The highest BCUT2D eigenvalue weighted by Crippen LogP contribution is 2.33. The minimum atomic E-state index is -1.13. The number of carboxylic acids is 1. The van der Waals surface area contributed by atoms with Gasteiger partial charge < -0.3 is 15.6 Å². The van der Waals surface area contributed by atoms with E-state index in [0.29, 0.717) is 19.3 Å². The van der Waals surface area contributed by atoms with E-state index < -0.39 is 11.5 Å². The molecule has 4 nitrogen and oxygen atoms in total. The van der Waals surface area contributed by atoms with Crippen molar-refractivity contribution in [3.63, 3.8) is 0 Å². The minimum absolute atomic E-state index is 0.370. The van der Waals surface area contributed by atoms with Gasteiger partial charge in [-0.05, 0) is 30.0 Å². The lowest BCUT2D eigenvalue weighted by atomic mass is 9.78. The second-order valence-corrected chi connectivity index (χ2v) is 4.24. The molecule has 0 spiro atoms. The number of carboxylic acid groups (broad SMARTS) is 1. The maximum absolute atomic E-state index is 11.1. The van der Waals surface area contributed by atoms with Crippen LogP contribution in [0.1, 0.15) is 17.5 Å². The van der Waals surface area contributed by atoms with Crippen LogP contribution >= 0.6 is 0 Å². The molecule has 0 aliphatic heterocycles. The number of hydrogen-bond donors (Lipinski definition) is 2. The molecule has 16 heavy (non-hydrogen) atoms. The van der Waals surface area contributed by atoms with Crippen LogP contribution in [0, 0.1) is 0 Å². The van der Waals surface area contributed by atoms with Crippen LogP contribution < -0.4 is 10.5 Å². The number of ether oxygens (including phenoxy) is 1. The highest BCUT2D eigenvalue weighted by atomic mass is 16.5. The summed E-state index contributed by atoms with van der Waals surface area (Å²) in [6.07, 6.45) is 1.48. The lowest BCUT2D eigenvalue weighted by molar-refractivity contribution is -0.143. The fourth-order valence-corrected chi connectivity index (χ4v) is 2.21. The van der Waals surface area contributed by atoms with Crippen LogP contribution in [-0.4, -0.2) is 23.7 Å². The van der Waals surface area contributed by atoms with Crippen molar-refractivity contribution in [2.24, 2.45) is 5.73 Å². The maximum Gasteiger partial charge on any atom is 0.324 e. The Bertz CT molecular complexity index is 430. The fraction of sp³-hybridized carbons (Fsp3) is 0.417. The summed E-state index contributed by atoms with van der Waals surface area (Å²) in [5.41, 5.74) is 6.81. The van der Waals surface area contributed by atoms with Gasteiger partial charge in [-0.1, -0.05) is 12.1 Å². The molecule has 0 heterocycles. The van der Waals surface area contributed by atoms with Crippen molar-refractivity contribution in [3.05, 3.63) is 29.3 Å². The van der Waals surface area contributed by atoms with Crippen LogP contribution in [0.4, 0.5) is 0 Å². The third-order valence-electron chi connectivity index (χ3n) is 3.20. The first-order valence-corrected chi connectivity index (χ1v) is 5.24. The first-order chi connectivity index (χ1) is 7.57. The summed E-state index contributed by atoms with van der Waals surface area (Å²) in [5.74, 6) is -0.106. The molecule has 3 N–H and O–H groups in total. The van der Waals surface area contributed by atoms with Crippen molar-refractivity contribution >= 4 is 5.97 Å². The molecule has 1 aromatic carbocycles. The van der Waals surface area contributed by atoms with Gasteiger partial charge in [0.15, 0.2) is 0 Å². The van der Waals surface area contributed by atoms with Crippen molar-refractivity contribution in [2.75, 3.05) is 7.11 Å². The molecular weight excluding hydrogens is 206 g/mol. The molecule has 4 heteroatoms. The van der Waals surface area contributed by atoms with Crippen LogP contribution in [0.15, 0.2) is 18.2 Å². The van der Waals surface area contributed by atoms with Crippen molar-refractivity contribution in [1.29, 1.82) is 0 Å². The van der Waals surface area contributed by atoms with Crippen molar-refractivity contribution in [3.8, 4) is 5.75 Å². The number of rotatable bonds is 2. The lowest BCUT2D eigenvalue weighted by Gasteiger charge is -2.31. The molecule has 1 aromatic rings. The largest absolute Gasteiger partial charge is 0.496 e. The second-order valence-electron chi connectivity index (χ2n) is 4.24. The molecule has 1 aliphatic rings. The van der Waals surface area contributed by atoms with Gasteiger partial charge in [-0.25, -0.2) is 0 Å². The molecule has 0 saturated carbocycles. The Balaban J connectivity index is 2.39. The second kappa shape index (κ2) is 3.79. The normalized spacial score (nSPS) is 23.6. The highest BCUT2D eigenvalue weighted by molar-refractivity contribution is 5.79. The average molecular weight is 221 g/mol. The van der Waals surface area contributed by atoms with E-state index in [1.54, 1.807) is 7.11 Å². The van der Waals surface area contributed by atoms with Gasteiger partial charge in [0.05, 0.1) is 7.11 Å². The number of fused-ring (bicyclic) bond motifs is 1. The van der Waals surface area contributed by atoms with Gasteiger partial charge in [-0.2, -0.15) is 0 Å². The Morgan fingerprint density at radius 3 is 2.94 bits per heavy atom. The molecule has 0 aromatic heterocycles. The Hall–Kier alpha value is -1.55. The van der Waals surface area contributed by atoms with E-state index in [4.69, 9.17) is 15.6 Å². The molecule has 0 bridgehead atoms. The van der Waals surface area contributed by atoms with Gasteiger partial charge in [-0.3, -0.25) is 4.79 Å². The summed E-state index contributed by atoms with van der Waals surface area (Å²) in [4.78, 5) is 11.1. The molecule has 0 fully saturated rings. The number of aliphatic carboxylic acids is 1. The van der Waals surface area contributed by atoms with Crippen LogP contribution in [-0.2, 0) is 17.6 Å². The third-order valence-corrected chi connectivity index (χ3v) is 3.20. The maximum atomic E-state index is 11.1. The van der Waals surface area contributed by atoms with Crippen molar-refractivity contribution in [2.45, 2.75) is 24.8 Å². The molecular formula is C12H15NO3. The molecule has 86 valence electrons. The molecule has 0 radical (unpaired) electrons. The van der Waals surface area contributed by atoms with E-state index >= 15 is 0 Å². The summed E-state index contributed by atoms with van der Waals surface area (Å²) < 4.78 is 5.25. The minimum Gasteiger partial charge on any atom is -0.496 e. The first-order valence-electron chi connectivity index (χ1n) is 5.24. The number of benzene rings is 1. The highest BCUT2D eigenvalue weighted by Gasteiger charge is 2.38. The van der Waals surface area contributed by atoms with E-state index in [1.165, 1.54) is 0 Å². The fourth-order valence-electron chi connectivity index (χ4n) is 2.21. The monoisotopic (exact) mass is 221 g/mol. The number of hydrogen-bond acceptors (Lipinski definition) is 3. The predicted molar refractivity (Wildman–Crippen MR) is 59.6 cm³/mol. The van der Waals surface area contributed by atoms with Gasteiger partial charge in [0.25, 0.3) is 0 Å². The van der Waals surface area contributed by atoms with E-state index in [-0.39, 0.29) is 0 Å². The van der Waals surface area contributed by atoms with Crippen LogP contribution in [0.25, 0.3) is 0 Å².